The molecule has 0 fully saturated rings. The molecule has 0 bridgehead atoms. The van der Waals surface area contributed by atoms with Gasteiger partial charge in [-0.1, -0.05) is 18.8 Å². The Labute approximate surface area is 119 Å². The second-order valence-electron chi connectivity index (χ2n) is 4.33. The molecule has 0 aliphatic rings. The third-order valence-electron chi connectivity index (χ3n) is 2.43. The summed E-state index contributed by atoms with van der Waals surface area (Å²) < 4.78 is 31.7. The van der Waals surface area contributed by atoms with Crippen LogP contribution in [0.4, 0.5) is 0 Å². The highest BCUT2D eigenvalue weighted by molar-refractivity contribution is 7.89. The second kappa shape index (κ2) is 7.97. The number of nitrogens with zero attached hydrogens (tertiary/aromatic N) is 1. The van der Waals surface area contributed by atoms with Crippen LogP contribution in [0.5, 0.6) is 0 Å². The smallest absolute Gasteiger partial charge is 0.242 e. The number of hydrogen-bond acceptors (Lipinski definition) is 5. The van der Waals surface area contributed by atoms with E-state index in [1.807, 2.05) is 6.92 Å². The van der Waals surface area contributed by atoms with Crippen molar-refractivity contribution < 1.29 is 13.2 Å². The van der Waals surface area contributed by atoms with Gasteiger partial charge in [-0.3, -0.25) is 4.98 Å². The lowest BCUT2D eigenvalue weighted by atomic mass is 10.2. The number of ether oxygens (including phenoxy) is 1. The van der Waals surface area contributed by atoms with E-state index in [4.69, 9.17) is 10.5 Å². The number of pyridine rings is 1. The summed E-state index contributed by atoms with van der Waals surface area (Å²) in [6, 6.07) is 1.47. The molecule has 1 atom stereocenters. The van der Waals surface area contributed by atoms with Gasteiger partial charge in [0.2, 0.25) is 10.0 Å². The number of rotatable bonds is 6. The third-order valence-corrected chi connectivity index (χ3v) is 3.82. The van der Waals surface area contributed by atoms with Crippen molar-refractivity contribution in [2.45, 2.75) is 11.8 Å². The van der Waals surface area contributed by atoms with Gasteiger partial charge in [0.05, 0.1) is 6.54 Å². The lowest BCUT2D eigenvalue weighted by molar-refractivity contribution is 0.161. The van der Waals surface area contributed by atoms with Gasteiger partial charge >= 0.3 is 0 Å². The molecule has 1 heterocycles. The van der Waals surface area contributed by atoms with E-state index >= 15 is 0 Å². The third kappa shape index (κ3) is 5.27. The summed E-state index contributed by atoms with van der Waals surface area (Å²) in [4.78, 5) is 3.97. The zero-order valence-electron chi connectivity index (χ0n) is 11.6. The minimum atomic E-state index is -3.59. The minimum absolute atomic E-state index is 0.0861. The predicted molar refractivity (Wildman–Crippen MR) is 76.4 cm³/mol. The highest BCUT2D eigenvalue weighted by Gasteiger charge is 2.15. The van der Waals surface area contributed by atoms with Crippen molar-refractivity contribution in [1.82, 2.24) is 9.71 Å². The van der Waals surface area contributed by atoms with Crippen LogP contribution in [0.15, 0.2) is 23.4 Å². The Kier molecular flexibility index (Phi) is 6.61. The largest absolute Gasteiger partial charge is 0.384 e. The molecule has 110 valence electrons. The van der Waals surface area contributed by atoms with Crippen LogP contribution in [0, 0.1) is 17.8 Å². The molecule has 1 unspecified atom stereocenters. The summed E-state index contributed by atoms with van der Waals surface area (Å²) in [5.41, 5.74) is 5.79. The van der Waals surface area contributed by atoms with E-state index < -0.39 is 10.0 Å². The van der Waals surface area contributed by atoms with Gasteiger partial charge in [-0.25, -0.2) is 13.1 Å². The Morgan fingerprint density at radius 1 is 1.50 bits per heavy atom. The van der Waals surface area contributed by atoms with Crippen molar-refractivity contribution in [1.29, 1.82) is 0 Å². The van der Waals surface area contributed by atoms with Gasteiger partial charge in [-0.05, 0) is 12.0 Å². The molecule has 20 heavy (non-hydrogen) atoms. The maximum absolute atomic E-state index is 12.1. The van der Waals surface area contributed by atoms with Crippen LogP contribution < -0.4 is 10.5 Å². The van der Waals surface area contributed by atoms with E-state index in [9.17, 15) is 8.42 Å². The molecule has 0 spiro atoms. The molecule has 1 aromatic rings. The van der Waals surface area contributed by atoms with Crippen LogP contribution in [0.1, 0.15) is 12.5 Å². The van der Waals surface area contributed by atoms with Crippen LogP contribution in [-0.2, 0) is 14.8 Å². The van der Waals surface area contributed by atoms with E-state index in [0.29, 0.717) is 18.7 Å². The normalized spacial score (nSPS) is 12.6. The molecule has 1 aromatic heterocycles. The maximum atomic E-state index is 12.1. The first kappa shape index (κ1) is 16.6. The maximum Gasteiger partial charge on any atom is 0.242 e. The first-order chi connectivity index (χ1) is 9.49. The summed E-state index contributed by atoms with van der Waals surface area (Å²) in [5, 5.41) is 0. The van der Waals surface area contributed by atoms with E-state index in [2.05, 4.69) is 21.5 Å². The van der Waals surface area contributed by atoms with E-state index in [1.54, 1.807) is 7.11 Å². The van der Waals surface area contributed by atoms with Gasteiger partial charge in [0.1, 0.15) is 4.90 Å². The van der Waals surface area contributed by atoms with Gasteiger partial charge in [-0.15, -0.1) is 0 Å². The Morgan fingerprint density at radius 3 is 2.90 bits per heavy atom. The van der Waals surface area contributed by atoms with Crippen LogP contribution >= 0.6 is 0 Å². The Bertz CT molecular complexity index is 590. The van der Waals surface area contributed by atoms with Gasteiger partial charge in [0, 0.05) is 38.2 Å². The monoisotopic (exact) mass is 297 g/mol. The lowest BCUT2D eigenvalue weighted by Gasteiger charge is -2.11. The number of sulfonamides is 1. The Morgan fingerprint density at radius 2 is 2.25 bits per heavy atom. The van der Waals surface area contributed by atoms with Crippen LogP contribution in [-0.4, -0.2) is 40.2 Å². The lowest BCUT2D eigenvalue weighted by Crippen LogP contribution is -2.30. The summed E-state index contributed by atoms with van der Waals surface area (Å²) >= 11 is 0. The van der Waals surface area contributed by atoms with Crippen molar-refractivity contribution in [2.24, 2.45) is 11.7 Å². The molecule has 1 rings (SSSR count). The van der Waals surface area contributed by atoms with Crippen molar-refractivity contribution in [2.75, 3.05) is 26.8 Å². The molecule has 0 saturated carbocycles. The van der Waals surface area contributed by atoms with Crippen molar-refractivity contribution in [3.63, 3.8) is 0 Å². The molecule has 0 aromatic carbocycles. The Hall–Kier alpha value is -1.46. The fourth-order valence-electron chi connectivity index (χ4n) is 1.47. The second-order valence-corrected chi connectivity index (χ2v) is 6.09. The molecular formula is C13H19N3O3S. The highest BCUT2D eigenvalue weighted by Crippen LogP contribution is 2.09. The average molecular weight is 297 g/mol. The highest BCUT2D eigenvalue weighted by atomic mass is 32.2. The molecular weight excluding hydrogens is 278 g/mol. The summed E-state index contributed by atoms with van der Waals surface area (Å²) in [7, 11) is -2.01. The SMILES string of the molecule is COCC(C)CNS(=O)(=O)c1cncc(C#CCN)c1. The van der Waals surface area contributed by atoms with Gasteiger partial charge in [-0.2, -0.15) is 0 Å². The van der Waals surface area contributed by atoms with Crippen molar-refractivity contribution >= 4 is 10.0 Å². The summed E-state index contributed by atoms with van der Waals surface area (Å²) in [6.45, 7) is 2.90. The molecule has 6 nitrogen and oxygen atoms in total. The van der Waals surface area contributed by atoms with Crippen molar-refractivity contribution in [3.8, 4) is 11.8 Å². The summed E-state index contributed by atoms with van der Waals surface area (Å²) in [6.07, 6.45) is 2.78. The minimum Gasteiger partial charge on any atom is -0.384 e. The number of nitrogens with two attached hydrogens (primary N) is 1. The Balaban J connectivity index is 2.82. The number of nitrogens with one attached hydrogen (secondary N) is 1. The van der Waals surface area contributed by atoms with Crippen LogP contribution in [0.25, 0.3) is 0 Å². The number of hydrogen-bond donors (Lipinski definition) is 2. The van der Waals surface area contributed by atoms with Gasteiger partial charge in [0.25, 0.3) is 0 Å². The first-order valence-corrected chi connectivity index (χ1v) is 7.60. The predicted octanol–water partition coefficient (Wildman–Crippen LogP) is -0.0474. The topological polar surface area (TPSA) is 94.3 Å². The molecule has 0 radical (unpaired) electrons. The van der Waals surface area contributed by atoms with Crippen LogP contribution in [0.2, 0.25) is 0 Å². The number of aromatic nitrogens is 1. The van der Waals surface area contributed by atoms with Crippen molar-refractivity contribution in [3.05, 3.63) is 24.0 Å². The molecule has 0 amide bonds. The molecule has 3 N–H and O–H groups in total. The fourth-order valence-corrected chi connectivity index (χ4v) is 2.62. The van der Waals surface area contributed by atoms with Crippen LogP contribution in [0.3, 0.4) is 0 Å². The van der Waals surface area contributed by atoms with E-state index in [0.717, 1.165) is 0 Å². The van der Waals surface area contributed by atoms with E-state index in [-0.39, 0.29) is 17.4 Å². The molecule has 0 saturated heterocycles. The zero-order valence-corrected chi connectivity index (χ0v) is 12.4. The number of methoxy groups -OCH3 is 1. The van der Waals surface area contributed by atoms with E-state index in [1.165, 1.54) is 18.5 Å². The molecule has 0 aliphatic carbocycles. The van der Waals surface area contributed by atoms with Gasteiger partial charge < -0.3 is 10.5 Å². The standard InChI is InChI=1S/C13H19N3O3S/c1-11(10-19-2)7-16-20(17,18)13-6-12(4-3-5-14)8-15-9-13/h6,8-9,11,16H,5,7,10,14H2,1-2H3. The summed E-state index contributed by atoms with van der Waals surface area (Å²) in [5.74, 6) is 5.49. The molecule has 7 heteroatoms. The fraction of sp³-hybridized carbons (Fsp3) is 0.462. The quantitative estimate of drug-likeness (QED) is 0.718. The van der Waals surface area contributed by atoms with Gasteiger partial charge in [0.15, 0.2) is 0 Å². The first-order valence-electron chi connectivity index (χ1n) is 6.12. The molecule has 0 aliphatic heterocycles. The average Bonchev–Trinajstić information content (AvgIpc) is 2.44. The zero-order chi connectivity index (χ0) is 15.0.